The number of carboxylic acid groups (broad SMARTS) is 1. The Labute approximate surface area is 122 Å². The zero-order valence-electron chi connectivity index (χ0n) is 13.6. The average molecular weight is 286 g/mol. The zero-order valence-corrected chi connectivity index (χ0v) is 13.6. The van der Waals surface area contributed by atoms with E-state index < -0.39 is 11.4 Å². The SMILES string of the molecule is CCCN(CCN(C)C)C(=O)CC(CC)(CC)C(=O)O. The van der Waals surface area contributed by atoms with E-state index in [1.165, 1.54) is 0 Å². The Hall–Kier alpha value is -1.10. The molecule has 118 valence electrons. The van der Waals surface area contributed by atoms with E-state index in [-0.39, 0.29) is 12.3 Å². The van der Waals surface area contributed by atoms with Gasteiger partial charge < -0.3 is 14.9 Å². The highest BCUT2D eigenvalue weighted by atomic mass is 16.4. The van der Waals surface area contributed by atoms with Crippen LogP contribution in [0.4, 0.5) is 0 Å². The van der Waals surface area contributed by atoms with Crippen molar-refractivity contribution >= 4 is 11.9 Å². The molecule has 20 heavy (non-hydrogen) atoms. The van der Waals surface area contributed by atoms with Crippen molar-refractivity contribution in [2.75, 3.05) is 33.7 Å². The number of carbonyl (C=O) groups is 2. The summed E-state index contributed by atoms with van der Waals surface area (Å²) in [4.78, 5) is 27.7. The summed E-state index contributed by atoms with van der Waals surface area (Å²) in [7, 11) is 3.93. The number of hydrogen-bond acceptors (Lipinski definition) is 3. The van der Waals surface area contributed by atoms with Crippen LogP contribution in [0.2, 0.25) is 0 Å². The molecule has 0 unspecified atom stereocenters. The van der Waals surface area contributed by atoms with Gasteiger partial charge in [0.25, 0.3) is 0 Å². The van der Waals surface area contributed by atoms with Crippen LogP contribution in [-0.2, 0) is 9.59 Å². The Bertz CT molecular complexity index is 312. The predicted molar refractivity (Wildman–Crippen MR) is 80.7 cm³/mol. The molecular formula is C15H30N2O3. The molecule has 0 radical (unpaired) electrons. The fourth-order valence-corrected chi connectivity index (χ4v) is 2.23. The molecule has 0 saturated heterocycles. The molecule has 0 aliphatic rings. The van der Waals surface area contributed by atoms with E-state index in [1.54, 1.807) is 4.90 Å². The molecule has 0 bridgehead atoms. The number of carbonyl (C=O) groups excluding carboxylic acids is 1. The van der Waals surface area contributed by atoms with Gasteiger partial charge in [0.05, 0.1) is 5.41 Å². The highest BCUT2D eigenvalue weighted by Crippen LogP contribution is 2.31. The second-order valence-corrected chi connectivity index (χ2v) is 5.65. The third kappa shape index (κ3) is 5.49. The molecule has 0 aromatic carbocycles. The summed E-state index contributed by atoms with van der Waals surface area (Å²) in [5.74, 6) is -0.903. The summed E-state index contributed by atoms with van der Waals surface area (Å²) < 4.78 is 0. The van der Waals surface area contributed by atoms with E-state index >= 15 is 0 Å². The van der Waals surface area contributed by atoms with E-state index in [2.05, 4.69) is 0 Å². The monoisotopic (exact) mass is 286 g/mol. The van der Waals surface area contributed by atoms with Crippen LogP contribution in [0.25, 0.3) is 0 Å². The summed E-state index contributed by atoms with van der Waals surface area (Å²) in [5.41, 5.74) is -0.915. The highest BCUT2D eigenvalue weighted by Gasteiger charge is 2.38. The van der Waals surface area contributed by atoms with Gasteiger partial charge in [0.2, 0.25) is 5.91 Å². The number of hydrogen-bond donors (Lipinski definition) is 1. The minimum atomic E-state index is -0.915. The van der Waals surface area contributed by atoms with E-state index in [0.717, 1.165) is 13.0 Å². The molecule has 0 aromatic heterocycles. The summed E-state index contributed by atoms with van der Waals surface area (Å²) in [6.07, 6.45) is 1.96. The number of carboxylic acids is 1. The van der Waals surface area contributed by atoms with Crippen LogP contribution >= 0.6 is 0 Å². The predicted octanol–water partition coefficient (Wildman–Crippen LogP) is 2.07. The molecule has 0 heterocycles. The van der Waals surface area contributed by atoms with Gasteiger partial charge in [-0.25, -0.2) is 0 Å². The van der Waals surface area contributed by atoms with Crippen molar-refractivity contribution in [2.24, 2.45) is 5.41 Å². The van der Waals surface area contributed by atoms with E-state index in [4.69, 9.17) is 0 Å². The number of aliphatic carboxylic acids is 1. The minimum Gasteiger partial charge on any atom is -0.481 e. The van der Waals surface area contributed by atoms with Crippen LogP contribution < -0.4 is 0 Å². The third-order valence-corrected chi connectivity index (χ3v) is 3.96. The van der Waals surface area contributed by atoms with Crippen LogP contribution in [0.3, 0.4) is 0 Å². The van der Waals surface area contributed by atoms with E-state index in [0.29, 0.717) is 25.9 Å². The van der Waals surface area contributed by atoms with Gasteiger partial charge >= 0.3 is 5.97 Å². The number of nitrogens with zero attached hydrogens (tertiary/aromatic N) is 2. The van der Waals surface area contributed by atoms with Crippen molar-refractivity contribution < 1.29 is 14.7 Å². The van der Waals surface area contributed by atoms with Crippen LogP contribution in [0, 0.1) is 5.41 Å². The summed E-state index contributed by atoms with van der Waals surface area (Å²) >= 11 is 0. The fraction of sp³-hybridized carbons (Fsp3) is 0.867. The highest BCUT2D eigenvalue weighted by molar-refractivity contribution is 5.85. The molecule has 0 saturated carbocycles. The maximum atomic E-state index is 12.4. The first-order valence-corrected chi connectivity index (χ1v) is 7.48. The first-order chi connectivity index (χ1) is 9.32. The topological polar surface area (TPSA) is 60.9 Å². The average Bonchev–Trinajstić information content (AvgIpc) is 2.39. The molecule has 1 amide bonds. The smallest absolute Gasteiger partial charge is 0.310 e. The lowest BCUT2D eigenvalue weighted by Gasteiger charge is -2.30. The first-order valence-electron chi connectivity index (χ1n) is 7.48. The normalized spacial score (nSPS) is 11.7. The Morgan fingerprint density at radius 1 is 1.00 bits per heavy atom. The lowest BCUT2D eigenvalue weighted by molar-refractivity contribution is -0.154. The molecule has 0 atom stereocenters. The first kappa shape index (κ1) is 18.9. The molecule has 0 fully saturated rings. The summed E-state index contributed by atoms with van der Waals surface area (Å²) in [5, 5.41) is 9.42. The van der Waals surface area contributed by atoms with Gasteiger partial charge in [0.15, 0.2) is 0 Å². The summed E-state index contributed by atoms with van der Waals surface area (Å²) in [6, 6.07) is 0. The van der Waals surface area contributed by atoms with Gasteiger partial charge in [-0.15, -0.1) is 0 Å². The van der Waals surface area contributed by atoms with E-state index in [9.17, 15) is 14.7 Å². The minimum absolute atomic E-state index is 0.0419. The van der Waals surface area contributed by atoms with Crippen molar-refractivity contribution in [1.82, 2.24) is 9.80 Å². The van der Waals surface area contributed by atoms with Crippen molar-refractivity contribution in [3.05, 3.63) is 0 Å². The second kappa shape index (κ2) is 8.95. The van der Waals surface area contributed by atoms with Gasteiger partial charge in [0.1, 0.15) is 0 Å². The third-order valence-electron chi connectivity index (χ3n) is 3.96. The van der Waals surface area contributed by atoms with Crippen LogP contribution in [0.5, 0.6) is 0 Å². The van der Waals surface area contributed by atoms with Crippen LogP contribution in [-0.4, -0.2) is 60.5 Å². The lowest BCUT2D eigenvalue weighted by Crippen LogP contribution is -2.42. The van der Waals surface area contributed by atoms with Crippen molar-refractivity contribution in [3.8, 4) is 0 Å². The number of likely N-dealkylation sites (N-methyl/N-ethyl adjacent to an activating group) is 1. The van der Waals surface area contributed by atoms with Gasteiger partial charge in [-0.2, -0.15) is 0 Å². The number of rotatable bonds is 10. The van der Waals surface area contributed by atoms with Gasteiger partial charge in [-0.3, -0.25) is 9.59 Å². The standard InChI is InChI=1S/C15H30N2O3/c1-6-9-17(11-10-16(4)5)13(18)12-15(7-2,8-3)14(19)20/h6-12H2,1-5H3,(H,19,20). The van der Waals surface area contributed by atoms with Gasteiger partial charge in [-0.05, 0) is 33.4 Å². The lowest BCUT2D eigenvalue weighted by atomic mass is 9.79. The van der Waals surface area contributed by atoms with Crippen molar-refractivity contribution in [3.63, 3.8) is 0 Å². The number of amides is 1. The molecule has 0 aromatic rings. The molecule has 1 N–H and O–H groups in total. The molecule has 0 aliphatic heterocycles. The molecule has 0 rings (SSSR count). The van der Waals surface area contributed by atoms with Crippen molar-refractivity contribution in [2.45, 2.75) is 46.5 Å². The Morgan fingerprint density at radius 3 is 1.90 bits per heavy atom. The quantitative estimate of drug-likeness (QED) is 0.668. The zero-order chi connectivity index (χ0) is 15.8. The Morgan fingerprint density at radius 2 is 1.55 bits per heavy atom. The van der Waals surface area contributed by atoms with Gasteiger partial charge in [-0.1, -0.05) is 20.8 Å². The Kier molecular flexibility index (Phi) is 8.46. The molecule has 5 heteroatoms. The fourth-order valence-electron chi connectivity index (χ4n) is 2.23. The maximum Gasteiger partial charge on any atom is 0.310 e. The summed E-state index contributed by atoms with van der Waals surface area (Å²) in [6.45, 7) is 7.85. The van der Waals surface area contributed by atoms with Crippen LogP contribution in [0.1, 0.15) is 46.5 Å². The van der Waals surface area contributed by atoms with Crippen molar-refractivity contribution in [1.29, 1.82) is 0 Å². The van der Waals surface area contributed by atoms with E-state index in [1.807, 2.05) is 39.8 Å². The largest absolute Gasteiger partial charge is 0.481 e. The second-order valence-electron chi connectivity index (χ2n) is 5.65. The molecule has 0 spiro atoms. The molecular weight excluding hydrogens is 256 g/mol. The van der Waals surface area contributed by atoms with Gasteiger partial charge in [0, 0.05) is 26.1 Å². The Balaban J connectivity index is 4.83. The maximum absolute atomic E-state index is 12.4. The molecule has 0 aliphatic carbocycles. The molecule has 5 nitrogen and oxygen atoms in total. The van der Waals surface area contributed by atoms with Crippen LogP contribution in [0.15, 0.2) is 0 Å².